The Hall–Kier alpha value is -2.47. The number of aromatic nitrogens is 3. The Morgan fingerprint density at radius 3 is 3.00 bits per heavy atom. The van der Waals surface area contributed by atoms with E-state index in [0.717, 1.165) is 18.8 Å². The molecule has 6 heteroatoms. The highest BCUT2D eigenvalue weighted by Crippen LogP contribution is 2.33. The van der Waals surface area contributed by atoms with Gasteiger partial charge in [-0.2, -0.15) is 0 Å². The maximum absolute atomic E-state index is 12.8. The summed E-state index contributed by atoms with van der Waals surface area (Å²) in [6.45, 7) is 2.85. The van der Waals surface area contributed by atoms with Gasteiger partial charge in [0.25, 0.3) is 5.91 Å². The summed E-state index contributed by atoms with van der Waals surface area (Å²) in [7, 11) is 0. The van der Waals surface area contributed by atoms with Gasteiger partial charge in [-0.3, -0.25) is 9.36 Å². The first-order valence-electron chi connectivity index (χ1n) is 7.55. The third kappa shape index (κ3) is 2.45. The number of carbonyl (C=O) groups is 1. The van der Waals surface area contributed by atoms with Gasteiger partial charge in [0.15, 0.2) is 0 Å². The fourth-order valence-electron chi connectivity index (χ4n) is 3.01. The highest BCUT2D eigenvalue weighted by atomic mass is 32.1. The summed E-state index contributed by atoms with van der Waals surface area (Å²) >= 11 is 1.78. The third-order valence-electron chi connectivity index (χ3n) is 4.30. The molecule has 0 aromatic carbocycles. The number of rotatable bonds is 2. The van der Waals surface area contributed by atoms with Crippen LogP contribution < -0.4 is 0 Å². The molecule has 1 amide bonds. The molecule has 4 rings (SSSR count). The zero-order chi connectivity index (χ0) is 15.8. The molecule has 0 N–H and O–H groups in total. The fourth-order valence-corrected chi connectivity index (χ4v) is 3.98. The van der Waals surface area contributed by atoms with Crippen LogP contribution in [0.15, 0.2) is 48.5 Å². The van der Waals surface area contributed by atoms with Crippen LogP contribution in [0.2, 0.25) is 0 Å². The lowest BCUT2D eigenvalue weighted by atomic mass is 10.0. The zero-order valence-electron chi connectivity index (χ0n) is 12.7. The van der Waals surface area contributed by atoms with Crippen LogP contribution >= 0.6 is 11.3 Å². The van der Waals surface area contributed by atoms with E-state index in [4.69, 9.17) is 0 Å². The van der Waals surface area contributed by atoms with Crippen molar-refractivity contribution in [3.63, 3.8) is 0 Å². The Balaban J connectivity index is 1.58. The van der Waals surface area contributed by atoms with Gasteiger partial charge in [-0.25, -0.2) is 9.97 Å². The van der Waals surface area contributed by atoms with Crippen LogP contribution in [0.4, 0.5) is 0 Å². The van der Waals surface area contributed by atoms with Gasteiger partial charge in [0.2, 0.25) is 0 Å². The minimum Gasteiger partial charge on any atom is -0.331 e. The highest BCUT2D eigenvalue weighted by molar-refractivity contribution is 7.10. The van der Waals surface area contributed by atoms with Crippen molar-refractivity contribution in [1.82, 2.24) is 19.4 Å². The predicted octanol–water partition coefficient (Wildman–Crippen LogP) is 3.09. The van der Waals surface area contributed by atoms with Gasteiger partial charge in [0.1, 0.15) is 12.1 Å². The lowest BCUT2D eigenvalue weighted by molar-refractivity contribution is 0.0679. The number of imidazole rings is 1. The predicted molar refractivity (Wildman–Crippen MR) is 88.8 cm³/mol. The molecule has 1 aliphatic rings. The second-order valence-corrected chi connectivity index (χ2v) is 6.60. The summed E-state index contributed by atoms with van der Waals surface area (Å²) in [5, 5.41) is 2.11. The van der Waals surface area contributed by atoms with Crippen LogP contribution in [0, 0.1) is 0 Å². The molecule has 1 aliphatic heterocycles. The molecule has 0 saturated carbocycles. The molecule has 0 saturated heterocycles. The van der Waals surface area contributed by atoms with Crippen LogP contribution in [0.5, 0.6) is 0 Å². The number of amides is 1. The summed E-state index contributed by atoms with van der Waals surface area (Å²) in [5.41, 5.74) is 1.90. The van der Waals surface area contributed by atoms with Crippen molar-refractivity contribution in [3.8, 4) is 5.82 Å². The van der Waals surface area contributed by atoms with Crippen LogP contribution in [-0.2, 0) is 6.42 Å². The lowest BCUT2D eigenvalue weighted by Gasteiger charge is -2.33. The number of carbonyl (C=O) groups excluding carboxylic acids is 1. The van der Waals surface area contributed by atoms with E-state index in [9.17, 15) is 4.79 Å². The standard InChI is InChI=1S/C17H16N4OS/c1-12-14-5-9-23-15(14)4-7-21(12)17(22)13-2-3-16(19-10-13)20-8-6-18-11-20/h2-3,5-6,8-12H,4,7H2,1H3. The maximum atomic E-state index is 12.8. The van der Waals surface area contributed by atoms with E-state index < -0.39 is 0 Å². The van der Waals surface area contributed by atoms with Crippen molar-refractivity contribution in [2.24, 2.45) is 0 Å². The summed E-state index contributed by atoms with van der Waals surface area (Å²) < 4.78 is 1.81. The molecule has 4 heterocycles. The van der Waals surface area contributed by atoms with Crippen molar-refractivity contribution in [1.29, 1.82) is 0 Å². The topological polar surface area (TPSA) is 51.0 Å². The SMILES string of the molecule is CC1c2ccsc2CCN1C(=O)c1ccc(-n2ccnc2)nc1. The summed E-state index contributed by atoms with van der Waals surface area (Å²) in [4.78, 5) is 24.5. The highest BCUT2D eigenvalue weighted by Gasteiger charge is 2.29. The van der Waals surface area contributed by atoms with E-state index in [2.05, 4.69) is 28.3 Å². The minimum absolute atomic E-state index is 0.0408. The Morgan fingerprint density at radius 1 is 1.35 bits per heavy atom. The first-order chi connectivity index (χ1) is 11.2. The lowest BCUT2D eigenvalue weighted by Crippen LogP contribution is -2.38. The Labute approximate surface area is 138 Å². The van der Waals surface area contributed by atoms with E-state index in [1.54, 1.807) is 30.1 Å². The normalized spacial score (nSPS) is 17.1. The van der Waals surface area contributed by atoms with Gasteiger partial charge in [-0.15, -0.1) is 11.3 Å². The molecule has 5 nitrogen and oxygen atoms in total. The first kappa shape index (κ1) is 14.1. The fraction of sp³-hybridized carbons (Fsp3) is 0.235. The quantitative estimate of drug-likeness (QED) is 0.728. The second-order valence-electron chi connectivity index (χ2n) is 5.60. The molecule has 0 radical (unpaired) electrons. The summed E-state index contributed by atoms with van der Waals surface area (Å²) in [6, 6.07) is 5.93. The molecule has 0 fully saturated rings. The third-order valence-corrected chi connectivity index (χ3v) is 5.30. The van der Waals surface area contributed by atoms with E-state index in [1.807, 2.05) is 27.8 Å². The molecule has 0 aliphatic carbocycles. The van der Waals surface area contributed by atoms with Crippen molar-refractivity contribution < 1.29 is 4.79 Å². The van der Waals surface area contributed by atoms with Crippen molar-refractivity contribution in [2.75, 3.05) is 6.54 Å². The number of hydrogen-bond donors (Lipinski definition) is 0. The summed E-state index contributed by atoms with van der Waals surface area (Å²) in [6.07, 6.45) is 7.80. The van der Waals surface area contributed by atoms with Gasteiger partial charge in [-0.05, 0) is 42.5 Å². The van der Waals surface area contributed by atoms with Gasteiger partial charge < -0.3 is 4.90 Å². The molecule has 3 aromatic heterocycles. The maximum Gasteiger partial charge on any atom is 0.255 e. The van der Waals surface area contributed by atoms with E-state index in [-0.39, 0.29) is 11.9 Å². The number of hydrogen-bond acceptors (Lipinski definition) is 4. The number of thiophene rings is 1. The Bertz CT molecular complexity index is 823. The van der Waals surface area contributed by atoms with E-state index in [1.165, 1.54) is 10.4 Å². The summed E-state index contributed by atoms with van der Waals surface area (Å²) in [5.74, 6) is 0.796. The molecule has 0 bridgehead atoms. The Kier molecular flexibility index (Phi) is 3.46. The van der Waals surface area contributed by atoms with Gasteiger partial charge in [0.05, 0.1) is 11.6 Å². The largest absolute Gasteiger partial charge is 0.331 e. The van der Waals surface area contributed by atoms with E-state index in [0.29, 0.717) is 5.56 Å². The molecular weight excluding hydrogens is 308 g/mol. The average molecular weight is 324 g/mol. The van der Waals surface area contributed by atoms with E-state index >= 15 is 0 Å². The number of pyridine rings is 1. The molecule has 0 spiro atoms. The second kappa shape index (κ2) is 5.62. The van der Waals surface area contributed by atoms with Gasteiger partial charge in [-0.1, -0.05) is 0 Å². The van der Waals surface area contributed by atoms with Crippen molar-refractivity contribution >= 4 is 17.2 Å². The van der Waals surface area contributed by atoms with Crippen molar-refractivity contribution in [3.05, 3.63) is 64.5 Å². The van der Waals surface area contributed by atoms with Crippen molar-refractivity contribution in [2.45, 2.75) is 19.4 Å². The molecule has 1 unspecified atom stereocenters. The zero-order valence-corrected chi connectivity index (χ0v) is 13.5. The smallest absolute Gasteiger partial charge is 0.255 e. The van der Waals surface area contributed by atoms with Gasteiger partial charge in [0, 0.05) is 30.0 Å². The Morgan fingerprint density at radius 2 is 2.26 bits per heavy atom. The molecule has 3 aromatic rings. The number of nitrogens with zero attached hydrogens (tertiary/aromatic N) is 4. The molecular formula is C17H16N4OS. The van der Waals surface area contributed by atoms with Gasteiger partial charge >= 0.3 is 0 Å². The molecule has 116 valence electrons. The number of fused-ring (bicyclic) bond motifs is 1. The minimum atomic E-state index is 0.0408. The first-order valence-corrected chi connectivity index (χ1v) is 8.43. The van der Waals surface area contributed by atoms with Crippen LogP contribution in [-0.4, -0.2) is 31.9 Å². The average Bonchev–Trinajstić information content (AvgIpc) is 3.27. The van der Waals surface area contributed by atoms with Crippen LogP contribution in [0.25, 0.3) is 5.82 Å². The monoisotopic (exact) mass is 324 g/mol. The van der Waals surface area contributed by atoms with Crippen LogP contribution in [0.1, 0.15) is 33.8 Å². The molecule has 23 heavy (non-hydrogen) atoms. The molecule has 1 atom stereocenters. The van der Waals surface area contributed by atoms with Crippen LogP contribution in [0.3, 0.4) is 0 Å².